The van der Waals surface area contributed by atoms with Crippen LogP contribution in [0.4, 0.5) is 0 Å². The van der Waals surface area contributed by atoms with Gasteiger partial charge in [0.1, 0.15) is 5.82 Å². The van der Waals surface area contributed by atoms with Crippen molar-refractivity contribution in [3.05, 3.63) is 22.7 Å². The number of aryl methyl sites for hydroxylation is 1. The number of rotatable bonds is 2. The van der Waals surface area contributed by atoms with Gasteiger partial charge in [-0.2, -0.15) is 0 Å². The molecule has 0 saturated heterocycles. The minimum Gasteiger partial charge on any atom is -0.240 e. The van der Waals surface area contributed by atoms with Crippen LogP contribution in [-0.4, -0.2) is 14.4 Å². The van der Waals surface area contributed by atoms with Crippen LogP contribution in [0.5, 0.6) is 0 Å². The van der Waals surface area contributed by atoms with Crippen LogP contribution in [0.25, 0.3) is 0 Å². The lowest BCUT2D eigenvalue weighted by Gasteiger charge is -1.93. The Morgan fingerprint density at radius 1 is 1.40 bits per heavy atom. The van der Waals surface area contributed by atoms with E-state index in [1.54, 1.807) is 12.4 Å². The smallest absolute Gasteiger partial charge is 0.129 e. The Morgan fingerprint density at radius 2 is 2.00 bits per heavy atom. The van der Waals surface area contributed by atoms with Crippen molar-refractivity contribution < 1.29 is 0 Å². The van der Waals surface area contributed by atoms with E-state index in [2.05, 4.69) is 48.5 Å². The minimum atomic E-state index is 0.914. The highest BCUT2D eigenvalue weighted by molar-refractivity contribution is 14.1. The molecule has 0 fully saturated rings. The van der Waals surface area contributed by atoms with Gasteiger partial charge < -0.3 is 0 Å². The number of aromatic nitrogens is 2. The lowest BCUT2D eigenvalue weighted by molar-refractivity contribution is 0.949. The molecule has 0 amide bonds. The van der Waals surface area contributed by atoms with Crippen LogP contribution < -0.4 is 0 Å². The van der Waals surface area contributed by atoms with E-state index in [-0.39, 0.29) is 0 Å². The molecule has 2 nitrogen and oxygen atoms in total. The zero-order chi connectivity index (χ0) is 7.40. The summed E-state index contributed by atoms with van der Waals surface area (Å²) in [5.41, 5.74) is 0. The highest BCUT2D eigenvalue weighted by Crippen LogP contribution is 2.04. The second-order valence-electron chi connectivity index (χ2n) is 1.76. The normalized spacial score (nSPS) is 9.80. The maximum atomic E-state index is 4.11. The van der Waals surface area contributed by atoms with E-state index in [1.165, 1.54) is 0 Å². The Kier molecular flexibility index (Phi) is 3.55. The van der Waals surface area contributed by atoms with Gasteiger partial charge in [-0.25, -0.2) is 9.97 Å². The van der Waals surface area contributed by atoms with Crippen molar-refractivity contribution in [3.8, 4) is 0 Å². The fraction of sp³-hybridized carbons (Fsp3) is 0.333. The van der Waals surface area contributed by atoms with E-state index >= 15 is 0 Å². The molecule has 1 rings (SSSR count). The summed E-state index contributed by atoms with van der Waals surface area (Å²) in [4.78, 5) is 8.21. The molecule has 1 aromatic heterocycles. The molecule has 0 N–H and O–H groups in total. The van der Waals surface area contributed by atoms with Gasteiger partial charge in [0, 0.05) is 23.2 Å². The third-order valence-electron chi connectivity index (χ3n) is 0.992. The minimum absolute atomic E-state index is 0.914. The molecule has 0 radical (unpaired) electrons. The molecule has 0 saturated carbocycles. The first-order valence-corrected chi connectivity index (χ1v) is 5.17. The summed E-state index contributed by atoms with van der Waals surface area (Å²) in [5, 5.41) is 0. The van der Waals surface area contributed by atoms with Gasteiger partial charge in [-0.15, -0.1) is 0 Å². The molecule has 1 heterocycles. The third kappa shape index (κ3) is 2.49. The molecule has 0 aromatic carbocycles. The molecule has 0 atom stereocenters. The highest BCUT2D eigenvalue weighted by Gasteiger charge is 1.92. The summed E-state index contributed by atoms with van der Waals surface area (Å²) in [7, 11) is 0. The molecule has 0 aliphatic rings. The van der Waals surface area contributed by atoms with Gasteiger partial charge in [-0.3, -0.25) is 0 Å². The van der Waals surface area contributed by atoms with E-state index in [4.69, 9.17) is 0 Å². The van der Waals surface area contributed by atoms with Crippen molar-refractivity contribution in [2.24, 2.45) is 0 Å². The second-order valence-corrected chi connectivity index (χ2v) is 3.75. The van der Waals surface area contributed by atoms with Crippen LogP contribution >= 0.6 is 38.5 Å². The summed E-state index contributed by atoms with van der Waals surface area (Å²) in [6, 6.07) is 0. The second kappa shape index (κ2) is 4.23. The average molecular weight is 313 g/mol. The predicted octanol–water partition coefficient (Wildman–Crippen LogP) is 2.22. The molecular formula is C6H6BrIN2. The maximum Gasteiger partial charge on any atom is 0.129 e. The fourth-order valence-electron chi connectivity index (χ4n) is 0.553. The lowest BCUT2D eigenvalue weighted by atomic mass is 10.4. The first-order valence-electron chi connectivity index (χ1n) is 2.85. The Hall–Kier alpha value is 0.290. The van der Waals surface area contributed by atoms with Gasteiger partial charge in [0.2, 0.25) is 0 Å². The summed E-state index contributed by atoms with van der Waals surface area (Å²) < 4.78 is 2.00. The molecule has 4 heteroatoms. The van der Waals surface area contributed by atoms with Gasteiger partial charge in [0.25, 0.3) is 0 Å². The van der Waals surface area contributed by atoms with Crippen molar-refractivity contribution in [1.82, 2.24) is 9.97 Å². The Bertz CT molecular complexity index is 199. The van der Waals surface area contributed by atoms with Gasteiger partial charge in [0.05, 0.1) is 4.47 Å². The molecule has 54 valence electrons. The van der Waals surface area contributed by atoms with Gasteiger partial charge in [0.15, 0.2) is 0 Å². The number of nitrogens with zero attached hydrogens (tertiary/aromatic N) is 2. The van der Waals surface area contributed by atoms with Crippen LogP contribution in [0.2, 0.25) is 0 Å². The zero-order valence-electron chi connectivity index (χ0n) is 5.22. The Morgan fingerprint density at radius 3 is 2.50 bits per heavy atom. The highest BCUT2D eigenvalue weighted by atomic mass is 127. The van der Waals surface area contributed by atoms with E-state index in [0.29, 0.717) is 0 Å². The topological polar surface area (TPSA) is 25.8 Å². The first kappa shape index (κ1) is 8.39. The number of hydrogen-bond acceptors (Lipinski definition) is 2. The first-order chi connectivity index (χ1) is 4.83. The summed E-state index contributed by atoms with van der Waals surface area (Å²) in [6.07, 6.45) is 4.50. The molecule has 0 spiro atoms. The number of halogens is 2. The average Bonchev–Trinajstić information content (AvgIpc) is 1.95. The molecule has 0 aliphatic carbocycles. The molecule has 10 heavy (non-hydrogen) atoms. The van der Waals surface area contributed by atoms with Crippen molar-refractivity contribution in [3.63, 3.8) is 0 Å². The lowest BCUT2D eigenvalue weighted by Crippen LogP contribution is -1.93. The van der Waals surface area contributed by atoms with Gasteiger partial charge in [-0.1, -0.05) is 22.6 Å². The SMILES string of the molecule is Brc1cnc(CCI)nc1. The van der Waals surface area contributed by atoms with Crippen molar-refractivity contribution in [2.45, 2.75) is 6.42 Å². The summed E-state index contributed by atoms with van der Waals surface area (Å²) in [6.45, 7) is 0. The summed E-state index contributed by atoms with van der Waals surface area (Å²) in [5.74, 6) is 0.914. The predicted molar refractivity (Wildman–Crippen MR) is 52.3 cm³/mol. The van der Waals surface area contributed by atoms with Crippen LogP contribution in [0.1, 0.15) is 5.82 Å². The van der Waals surface area contributed by atoms with Crippen molar-refractivity contribution in [2.75, 3.05) is 4.43 Å². The molecule has 0 bridgehead atoms. The van der Waals surface area contributed by atoms with E-state index in [0.717, 1.165) is 21.1 Å². The molecule has 0 unspecified atom stereocenters. The van der Waals surface area contributed by atoms with E-state index in [9.17, 15) is 0 Å². The van der Waals surface area contributed by atoms with Crippen molar-refractivity contribution >= 4 is 38.5 Å². The standard InChI is InChI=1S/C6H6BrIN2/c7-5-3-9-6(1-2-8)10-4-5/h3-4H,1-2H2. The third-order valence-corrected chi connectivity index (χ3v) is 1.94. The monoisotopic (exact) mass is 312 g/mol. The largest absolute Gasteiger partial charge is 0.240 e. The summed E-state index contributed by atoms with van der Waals surface area (Å²) >= 11 is 5.58. The number of alkyl halides is 1. The molecule has 1 aromatic rings. The van der Waals surface area contributed by atoms with Crippen LogP contribution in [0.3, 0.4) is 0 Å². The van der Waals surface area contributed by atoms with Gasteiger partial charge >= 0.3 is 0 Å². The maximum absolute atomic E-state index is 4.11. The van der Waals surface area contributed by atoms with Crippen LogP contribution in [0, 0.1) is 0 Å². The quantitative estimate of drug-likeness (QED) is 0.618. The molecular weight excluding hydrogens is 307 g/mol. The van der Waals surface area contributed by atoms with E-state index < -0.39 is 0 Å². The number of hydrogen-bond donors (Lipinski definition) is 0. The zero-order valence-corrected chi connectivity index (χ0v) is 8.96. The Balaban J connectivity index is 2.69. The Labute approximate surface area is 81.7 Å². The fourth-order valence-corrected chi connectivity index (χ4v) is 1.24. The molecule has 0 aliphatic heterocycles. The van der Waals surface area contributed by atoms with Crippen molar-refractivity contribution in [1.29, 1.82) is 0 Å². The van der Waals surface area contributed by atoms with Crippen LogP contribution in [0.15, 0.2) is 16.9 Å². The van der Waals surface area contributed by atoms with E-state index in [1.807, 2.05) is 0 Å². The van der Waals surface area contributed by atoms with Crippen LogP contribution in [-0.2, 0) is 6.42 Å². The van der Waals surface area contributed by atoms with Gasteiger partial charge in [-0.05, 0) is 15.9 Å².